The predicted molar refractivity (Wildman–Crippen MR) is 96.8 cm³/mol. The molecular formula is C19H17FN4O2. The molecule has 1 aromatic heterocycles. The monoisotopic (exact) mass is 352 g/mol. The van der Waals surface area contributed by atoms with Crippen molar-refractivity contribution in [3.05, 3.63) is 77.9 Å². The van der Waals surface area contributed by atoms with Crippen molar-refractivity contribution < 1.29 is 13.9 Å². The number of benzene rings is 2. The molecule has 0 aliphatic heterocycles. The molecule has 3 rings (SSSR count). The van der Waals surface area contributed by atoms with Crippen LogP contribution in [-0.2, 0) is 11.3 Å². The number of aromatic nitrogens is 2. The average Bonchev–Trinajstić information content (AvgIpc) is 2.68. The van der Waals surface area contributed by atoms with Gasteiger partial charge in [-0.3, -0.25) is 0 Å². The van der Waals surface area contributed by atoms with Crippen LogP contribution in [0.25, 0.3) is 0 Å². The van der Waals surface area contributed by atoms with Crippen molar-refractivity contribution in [2.24, 2.45) is 0 Å². The molecular weight excluding hydrogens is 335 g/mol. The van der Waals surface area contributed by atoms with Gasteiger partial charge in [-0.1, -0.05) is 12.1 Å². The molecule has 0 aliphatic carbocycles. The number of ether oxygens (including phenoxy) is 1. The Balaban J connectivity index is 1.63. The molecule has 0 bridgehead atoms. The standard InChI is InChI=1S/C19H17FN4O2/c1-26-19(25)14-4-8-16(9-5-14)24-18-10-17(22-12-23-18)21-11-13-2-6-15(20)7-3-13/h2-10,12H,11H2,1H3,(H2,21,22,23,24). The van der Waals surface area contributed by atoms with E-state index in [4.69, 9.17) is 0 Å². The largest absolute Gasteiger partial charge is 0.465 e. The number of anilines is 3. The summed E-state index contributed by atoms with van der Waals surface area (Å²) in [6.45, 7) is 0.518. The second kappa shape index (κ2) is 8.06. The van der Waals surface area contributed by atoms with E-state index in [1.54, 1.807) is 42.5 Å². The summed E-state index contributed by atoms with van der Waals surface area (Å²) in [4.78, 5) is 19.8. The number of carbonyl (C=O) groups excluding carboxylic acids is 1. The molecule has 0 saturated heterocycles. The molecule has 3 aromatic rings. The molecule has 0 fully saturated rings. The minimum Gasteiger partial charge on any atom is -0.465 e. The fraction of sp³-hybridized carbons (Fsp3) is 0.105. The number of nitrogens with one attached hydrogen (secondary N) is 2. The maximum absolute atomic E-state index is 12.9. The van der Waals surface area contributed by atoms with Crippen LogP contribution in [0, 0.1) is 5.82 Å². The number of nitrogens with zero attached hydrogens (tertiary/aromatic N) is 2. The van der Waals surface area contributed by atoms with Crippen LogP contribution < -0.4 is 10.6 Å². The van der Waals surface area contributed by atoms with Gasteiger partial charge < -0.3 is 15.4 Å². The number of hydrogen-bond acceptors (Lipinski definition) is 6. The summed E-state index contributed by atoms with van der Waals surface area (Å²) in [7, 11) is 1.34. The highest BCUT2D eigenvalue weighted by Crippen LogP contribution is 2.17. The number of carbonyl (C=O) groups is 1. The Bertz CT molecular complexity index is 883. The third-order valence-electron chi connectivity index (χ3n) is 3.63. The molecule has 0 saturated carbocycles. The number of rotatable bonds is 6. The SMILES string of the molecule is COC(=O)c1ccc(Nc2cc(NCc3ccc(F)cc3)ncn2)cc1. The molecule has 0 aliphatic rings. The average molecular weight is 352 g/mol. The first kappa shape index (κ1) is 17.3. The van der Waals surface area contributed by atoms with Gasteiger partial charge >= 0.3 is 5.97 Å². The molecule has 2 aromatic carbocycles. The molecule has 7 heteroatoms. The van der Waals surface area contributed by atoms with Crippen LogP contribution in [0.15, 0.2) is 60.9 Å². The molecule has 0 radical (unpaired) electrons. The zero-order valence-electron chi connectivity index (χ0n) is 14.1. The molecule has 2 N–H and O–H groups in total. The lowest BCUT2D eigenvalue weighted by atomic mass is 10.2. The summed E-state index contributed by atoms with van der Waals surface area (Å²) >= 11 is 0. The van der Waals surface area contributed by atoms with Crippen LogP contribution in [0.2, 0.25) is 0 Å². The fourth-order valence-corrected chi connectivity index (χ4v) is 2.27. The highest BCUT2D eigenvalue weighted by molar-refractivity contribution is 5.89. The van der Waals surface area contributed by atoms with Crippen LogP contribution >= 0.6 is 0 Å². The summed E-state index contributed by atoms with van der Waals surface area (Å²) in [5, 5.41) is 6.30. The second-order valence-electron chi connectivity index (χ2n) is 5.46. The van der Waals surface area contributed by atoms with E-state index in [2.05, 4.69) is 25.3 Å². The zero-order chi connectivity index (χ0) is 18.4. The van der Waals surface area contributed by atoms with Gasteiger partial charge in [0.05, 0.1) is 12.7 Å². The Hall–Kier alpha value is -3.48. The number of methoxy groups -OCH3 is 1. The second-order valence-corrected chi connectivity index (χ2v) is 5.46. The van der Waals surface area contributed by atoms with Crippen molar-refractivity contribution in [2.45, 2.75) is 6.54 Å². The summed E-state index contributed by atoms with van der Waals surface area (Å²) in [6.07, 6.45) is 1.44. The van der Waals surface area contributed by atoms with Gasteiger partial charge in [0, 0.05) is 18.3 Å². The van der Waals surface area contributed by atoms with E-state index in [0.717, 1.165) is 11.3 Å². The maximum atomic E-state index is 12.9. The van der Waals surface area contributed by atoms with Crippen LogP contribution in [0.1, 0.15) is 15.9 Å². The maximum Gasteiger partial charge on any atom is 0.337 e. The fourth-order valence-electron chi connectivity index (χ4n) is 2.27. The number of halogens is 1. The highest BCUT2D eigenvalue weighted by atomic mass is 19.1. The van der Waals surface area contributed by atoms with Gasteiger partial charge in [0.25, 0.3) is 0 Å². The topological polar surface area (TPSA) is 76.1 Å². The van der Waals surface area contributed by atoms with Gasteiger partial charge in [0.1, 0.15) is 23.8 Å². The lowest BCUT2D eigenvalue weighted by Gasteiger charge is -2.09. The number of hydrogen-bond donors (Lipinski definition) is 2. The van der Waals surface area contributed by atoms with Crippen LogP contribution in [0.3, 0.4) is 0 Å². The Morgan fingerprint density at radius 2 is 1.73 bits per heavy atom. The minimum absolute atomic E-state index is 0.263. The van der Waals surface area contributed by atoms with E-state index in [9.17, 15) is 9.18 Å². The molecule has 0 spiro atoms. The molecule has 0 amide bonds. The normalized spacial score (nSPS) is 10.2. The third kappa shape index (κ3) is 4.54. The van der Waals surface area contributed by atoms with Gasteiger partial charge in [-0.25, -0.2) is 19.2 Å². The van der Waals surface area contributed by atoms with Crippen molar-refractivity contribution in [3.8, 4) is 0 Å². The molecule has 132 valence electrons. The zero-order valence-corrected chi connectivity index (χ0v) is 14.1. The van der Waals surface area contributed by atoms with Gasteiger partial charge in [-0.05, 0) is 42.0 Å². The lowest BCUT2D eigenvalue weighted by molar-refractivity contribution is 0.0601. The van der Waals surface area contributed by atoms with E-state index in [1.807, 2.05) is 0 Å². The van der Waals surface area contributed by atoms with E-state index < -0.39 is 0 Å². The summed E-state index contributed by atoms with van der Waals surface area (Å²) in [5.74, 6) is 0.594. The van der Waals surface area contributed by atoms with Gasteiger partial charge in [-0.2, -0.15) is 0 Å². The van der Waals surface area contributed by atoms with Crippen molar-refractivity contribution in [1.82, 2.24) is 9.97 Å². The quantitative estimate of drug-likeness (QED) is 0.658. The van der Waals surface area contributed by atoms with Gasteiger partial charge in [-0.15, -0.1) is 0 Å². The molecule has 0 unspecified atom stereocenters. The summed E-state index contributed by atoms with van der Waals surface area (Å²) < 4.78 is 17.6. The third-order valence-corrected chi connectivity index (χ3v) is 3.63. The van der Waals surface area contributed by atoms with Crippen LogP contribution in [0.4, 0.5) is 21.7 Å². The Labute approximate surface area is 150 Å². The lowest BCUT2D eigenvalue weighted by Crippen LogP contribution is -2.03. The van der Waals surface area contributed by atoms with E-state index >= 15 is 0 Å². The molecule has 0 atom stereocenters. The van der Waals surface area contributed by atoms with Crippen LogP contribution in [-0.4, -0.2) is 23.0 Å². The Kier molecular flexibility index (Phi) is 5.38. The summed E-state index contributed by atoms with van der Waals surface area (Å²) in [6, 6.07) is 14.9. The van der Waals surface area contributed by atoms with Crippen molar-refractivity contribution in [2.75, 3.05) is 17.7 Å². The molecule has 6 nitrogen and oxygen atoms in total. The van der Waals surface area contributed by atoms with E-state index in [-0.39, 0.29) is 11.8 Å². The molecule has 26 heavy (non-hydrogen) atoms. The Morgan fingerprint density at radius 1 is 1.04 bits per heavy atom. The van der Waals surface area contributed by atoms with Crippen molar-refractivity contribution in [3.63, 3.8) is 0 Å². The Morgan fingerprint density at radius 3 is 2.42 bits per heavy atom. The summed E-state index contributed by atoms with van der Waals surface area (Å²) in [5.41, 5.74) is 2.20. The molecule has 1 heterocycles. The van der Waals surface area contributed by atoms with Crippen molar-refractivity contribution in [1.29, 1.82) is 0 Å². The number of esters is 1. The first-order valence-corrected chi connectivity index (χ1v) is 7.90. The predicted octanol–water partition coefficient (Wildman–Crippen LogP) is 3.76. The van der Waals surface area contributed by atoms with Crippen molar-refractivity contribution >= 4 is 23.3 Å². The van der Waals surface area contributed by atoms with E-state index in [0.29, 0.717) is 23.7 Å². The first-order chi connectivity index (χ1) is 12.6. The minimum atomic E-state index is -0.383. The van der Waals surface area contributed by atoms with Gasteiger partial charge in [0.2, 0.25) is 0 Å². The van der Waals surface area contributed by atoms with Gasteiger partial charge in [0.15, 0.2) is 0 Å². The smallest absolute Gasteiger partial charge is 0.337 e. The first-order valence-electron chi connectivity index (χ1n) is 7.90. The van der Waals surface area contributed by atoms with Crippen LogP contribution in [0.5, 0.6) is 0 Å². The van der Waals surface area contributed by atoms with E-state index in [1.165, 1.54) is 25.6 Å². The highest BCUT2D eigenvalue weighted by Gasteiger charge is 2.05.